The highest BCUT2D eigenvalue weighted by Crippen LogP contribution is 2.41. The monoisotopic (exact) mass is 312 g/mol. The molecule has 23 heavy (non-hydrogen) atoms. The van der Waals surface area contributed by atoms with Gasteiger partial charge < -0.3 is 9.67 Å². The molecule has 1 saturated heterocycles. The normalized spacial score (nSPS) is 31.2. The predicted octanol–water partition coefficient (Wildman–Crippen LogP) is 2.03. The summed E-state index contributed by atoms with van der Waals surface area (Å²) in [7, 11) is 0. The second kappa shape index (κ2) is 6.06. The Morgan fingerprint density at radius 3 is 2.57 bits per heavy atom. The van der Waals surface area contributed by atoms with E-state index in [9.17, 15) is 5.11 Å². The summed E-state index contributed by atoms with van der Waals surface area (Å²) >= 11 is 0. The van der Waals surface area contributed by atoms with Gasteiger partial charge in [-0.2, -0.15) is 0 Å². The second-order valence-electron chi connectivity index (χ2n) is 7.06. The average Bonchev–Trinajstić information content (AvgIpc) is 3.12. The van der Waals surface area contributed by atoms with Crippen LogP contribution >= 0.6 is 0 Å². The molecule has 4 atom stereocenters. The van der Waals surface area contributed by atoms with Crippen molar-refractivity contribution in [1.82, 2.24) is 19.4 Å². The first-order valence-electron chi connectivity index (χ1n) is 8.49. The summed E-state index contributed by atoms with van der Waals surface area (Å²) < 4.78 is 2.16. The number of hydrogen-bond donors (Lipinski definition) is 1. The highest BCUT2D eigenvalue weighted by molar-refractivity contribution is 5.10. The van der Waals surface area contributed by atoms with Crippen molar-refractivity contribution in [2.45, 2.75) is 38.5 Å². The summed E-state index contributed by atoms with van der Waals surface area (Å²) in [5, 5.41) is 10.6. The number of aliphatic hydroxyl groups excluding tert-OH is 1. The minimum Gasteiger partial charge on any atom is -0.391 e. The highest BCUT2D eigenvalue weighted by Gasteiger charge is 2.42. The molecule has 3 heterocycles. The van der Waals surface area contributed by atoms with Gasteiger partial charge in [-0.25, -0.2) is 4.98 Å². The number of aliphatic hydroxyl groups is 1. The van der Waals surface area contributed by atoms with Crippen molar-refractivity contribution in [1.29, 1.82) is 0 Å². The predicted molar refractivity (Wildman–Crippen MR) is 87.7 cm³/mol. The zero-order chi connectivity index (χ0) is 15.8. The Morgan fingerprint density at radius 2 is 1.87 bits per heavy atom. The van der Waals surface area contributed by atoms with Crippen LogP contribution in [0, 0.1) is 18.8 Å². The molecular weight excluding hydrogens is 288 g/mol. The zero-order valence-electron chi connectivity index (χ0n) is 13.5. The highest BCUT2D eigenvalue weighted by atomic mass is 16.3. The molecule has 1 N–H and O–H groups in total. The van der Waals surface area contributed by atoms with Crippen LogP contribution in [0.1, 0.15) is 30.3 Å². The molecule has 1 saturated carbocycles. The van der Waals surface area contributed by atoms with Crippen LogP contribution in [-0.2, 0) is 6.54 Å². The second-order valence-corrected chi connectivity index (χ2v) is 7.06. The maximum atomic E-state index is 10.6. The lowest BCUT2D eigenvalue weighted by molar-refractivity contribution is 0.0349. The average molecular weight is 312 g/mol. The van der Waals surface area contributed by atoms with Crippen LogP contribution in [0.25, 0.3) is 0 Å². The van der Waals surface area contributed by atoms with Crippen molar-refractivity contribution in [3.63, 3.8) is 0 Å². The molecule has 0 bridgehead atoms. The maximum Gasteiger partial charge on any atom is 0.105 e. The number of hydrogen-bond acceptors (Lipinski definition) is 4. The first-order chi connectivity index (χ1) is 11.2. The van der Waals surface area contributed by atoms with Crippen LogP contribution in [0.5, 0.6) is 0 Å². The van der Waals surface area contributed by atoms with Gasteiger partial charge in [0.25, 0.3) is 0 Å². The SMILES string of the molecule is Cc1nccn1[C@H]1C[C@H]2CN(Cc3ccncc3)C[C@H]2C[C@@H]1O. The van der Waals surface area contributed by atoms with E-state index >= 15 is 0 Å². The van der Waals surface area contributed by atoms with Crippen molar-refractivity contribution in [3.05, 3.63) is 48.3 Å². The van der Waals surface area contributed by atoms with E-state index in [1.165, 1.54) is 5.56 Å². The van der Waals surface area contributed by atoms with E-state index in [-0.39, 0.29) is 12.1 Å². The van der Waals surface area contributed by atoms with E-state index < -0.39 is 0 Å². The topological polar surface area (TPSA) is 54.2 Å². The van der Waals surface area contributed by atoms with Gasteiger partial charge in [0.2, 0.25) is 0 Å². The van der Waals surface area contributed by atoms with Gasteiger partial charge in [0.05, 0.1) is 12.1 Å². The van der Waals surface area contributed by atoms with Crippen molar-refractivity contribution in [2.24, 2.45) is 11.8 Å². The third-order valence-electron chi connectivity index (χ3n) is 5.56. The van der Waals surface area contributed by atoms with Crippen LogP contribution in [0.4, 0.5) is 0 Å². The Morgan fingerprint density at radius 1 is 1.13 bits per heavy atom. The third-order valence-corrected chi connectivity index (χ3v) is 5.56. The maximum absolute atomic E-state index is 10.6. The van der Waals surface area contributed by atoms with E-state index in [2.05, 4.69) is 31.6 Å². The van der Waals surface area contributed by atoms with Crippen molar-refractivity contribution >= 4 is 0 Å². The molecule has 122 valence electrons. The summed E-state index contributed by atoms with van der Waals surface area (Å²) in [5.74, 6) is 2.29. The number of aryl methyl sites for hydroxylation is 1. The molecule has 0 aromatic carbocycles. The summed E-state index contributed by atoms with van der Waals surface area (Å²) in [6, 6.07) is 4.36. The lowest BCUT2D eigenvalue weighted by atomic mass is 9.77. The molecule has 2 aromatic heterocycles. The van der Waals surface area contributed by atoms with Crippen LogP contribution in [0.15, 0.2) is 36.9 Å². The Kier molecular flexibility index (Phi) is 3.91. The molecule has 1 aliphatic heterocycles. The first kappa shape index (κ1) is 14.8. The minimum absolute atomic E-state index is 0.180. The molecule has 2 aliphatic rings. The number of pyridine rings is 1. The Labute approximate surface area is 137 Å². The largest absolute Gasteiger partial charge is 0.391 e. The van der Waals surface area contributed by atoms with Gasteiger partial charge in [0.1, 0.15) is 5.82 Å². The van der Waals surface area contributed by atoms with Gasteiger partial charge in [-0.15, -0.1) is 0 Å². The fourth-order valence-electron chi connectivity index (χ4n) is 4.42. The summed E-state index contributed by atoms with van der Waals surface area (Å²) in [6.07, 6.45) is 9.26. The number of nitrogens with zero attached hydrogens (tertiary/aromatic N) is 4. The Bertz CT molecular complexity index is 656. The third kappa shape index (κ3) is 2.91. The van der Waals surface area contributed by atoms with E-state index in [0.29, 0.717) is 11.8 Å². The molecule has 0 radical (unpaired) electrons. The van der Waals surface area contributed by atoms with Crippen molar-refractivity contribution < 1.29 is 5.11 Å². The quantitative estimate of drug-likeness (QED) is 0.942. The molecule has 0 amide bonds. The standard InChI is InChI=1S/C18H24N4O/c1-13-20-6-7-22(13)17-8-15-11-21(12-16(15)9-18(17)23)10-14-2-4-19-5-3-14/h2-7,15-18,23H,8-12H2,1H3/t15-,16+,17-,18-/m0/s1. The van der Waals surface area contributed by atoms with Gasteiger partial charge in [0.15, 0.2) is 0 Å². The van der Waals surface area contributed by atoms with Gasteiger partial charge in [-0.1, -0.05) is 0 Å². The summed E-state index contributed by atoms with van der Waals surface area (Å²) in [6.45, 7) is 5.23. The van der Waals surface area contributed by atoms with E-state index in [0.717, 1.165) is 38.3 Å². The molecular formula is C18H24N4O. The number of rotatable bonds is 3. The minimum atomic E-state index is -0.259. The van der Waals surface area contributed by atoms with Gasteiger partial charge in [-0.3, -0.25) is 9.88 Å². The molecule has 2 fully saturated rings. The van der Waals surface area contributed by atoms with Crippen LogP contribution in [0.3, 0.4) is 0 Å². The van der Waals surface area contributed by atoms with Gasteiger partial charge in [0, 0.05) is 44.4 Å². The van der Waals surface area contributed by atoms with Gasteiger partial charge in [-0.05, 0) is 49.3 Å². The number of likely N-dealkylation sites (tertiary alicyclic amines) is 1. The summed E-state index contributed by atoms with van der Waals surface area (Å²) in [4.78, 5) is 10.9. The molecule has 0 spiro atoms. The first-order valence-corrected chi connectivity index (χ1v) is 8.49. The fraction of sp³-hybridized carbons (Fsp3) is 0.556. The van der Waals surface area contributed by atoms with Crippen LogP contribution < -0.4 is 0 Å². The van der Waals surface area contributed by atoms with Crippen LogP contribution in [-0.4, -0.2) is 43.7 Å². The van der Waals surface area contributed by atoms with E-state index in [1.807, 2.05) is 31.7 Å². The lowest BCUT2D eigenvalue weighted by Gasteiger charge is -2.36. The molecule has 4 rings (SSSR count). The number of fused-ring (bicyclic) bond motifs is 1. The fourth-order valence-corrected chi connectivity index (χ4v) is 4.42. The van der Waals surface area contributed by atoms with E-state index in [4.69, 9.17) is 0 Å². The van der Waals surface area contributed by atoms with Gasteiger partial charge >= 0.3 is 0 Å². The summed E-state index contributed by atoms with van der Waals surface area (Å²) in [5.41, 5.74) is 1.32. The number of aromatic nitrogens is 3. The molecule has 0 unspecified atom stereocenters. The molecule has 2 aromatic rings. The molecule has 5 heteroatoms. The van der Waals surface area contributed by atoms with Crippen molar-refractivity contribution in [3.8, 4) is 0 Å². The Balaban J connectivity index is 1.45. The van der Waals surface area contributed by atoms with Crippen LogP contribution in [0.2, 0.25) is 0 Å². The Hall–Kier alpha value is -1.72. The zero-order valence-corrected chi connectivity index (χ0v) is 13.5. The van der Waals surface area contributed by atoms with Crippen molar-refractivity contribution in [2.75, 3.05) is 13.1 Å². The lowest BCUT2D eigenvalue weighted by Crippen LogP contribution is -2.36. The number of imidazole rings is 1. The van der Waals surface area contributed by atoms with E-state index in [1.54, 1.807) is 0 Å². The molecule has 5 nitrogen and oxygen atoms in total. The molecule has 1 aliphatic carbocycles. The smallest absolute Gasteiger partial charge is 0.105 e.